The minimum Gasteiger partial charge on any atom is -0.485 e. The first-order valence-electron chi connectivity index (χ1n) is 9.64. The van der Waals surface area contributed by atoms with Crippen LogP contribution in [0.15, 0.2) is 53.1 Å². The van der Waals surface area contributed by atoms with Crippen molar-refractivity contribution in [2.75, 3.05) is 4.90 Å². The lowest BCUT2D eigenvalue weighted by Crippen LogP contribution is -2.53. The second-order valence-electron chi connectivity index (χ2n) is 7.99. The van der Waals surface area contributed by atoms with Gasteiger partial charge < -0.3 is 19.3 Å². The highest BCUT2D eigenvalue weighted by atomic mass is 19.1. The monoisotopic (exact) mass is 407 g/mol. The summed E-state index contributed by atoms with van der Waals surface area (Å²) in [6, 6.07) is 14.6. The van der Waals surface area contributed by atoms with Crippen LogP contribution in [0.5, 0.6) is 5.75 Å². The predicted molar refractivity (Wildman–Crippen MR) is 108 cm³/mol. The van der Waals surface area contributed by atoms with E-state index in [1.165, 1.54) is 12.1 Å². The number of rotatable bonds is 4. The third kappa shape index (κ3) is 3.62. The first kappa shape index (κ1) is 19.9. The molecule has 1 aliphatic rings. The summed E-state index contributed by atoms with van der Waals surface area (Å²) < 4.78 is 24.9. The van der Waals surface area contributed by atoms with Crippen molar-refractivity contribution >= 4 is 5.69 Å². The Morgan fingerprint density at radius 3 is 2.57 bits per heavy atom. The lowest BCUT2D eigenvalue weighted by Gasteiger charge is -2.47. The van der Waals surface area contributed by atoms with Crippen LogP contribution in [0.3, 0.4) is 0 Å². The average molecular weight is 407 g/mol. The van der Waals surface area contributed by atoms with Gasteiger partial charge in [-0.05, 0) is 63.2 Å². The predicted octanol–water partition coefficient (Wildman–Crippen LogP) is 4.27. The fraction of sp³-hybridized carbons (Fsp3) is 0.304. The van der Waals surface area contributed by atoms with E-state index in [1.54, 1.807) is 37.3 Å². The molecule has 0 saturated carbocycles. The van der Waals surface area contributed by atoms with E-state index in [1.807, 2.05) is 24.8 Å². The maximum absolute atomic E-state index is 13.6. The smallest absolute Gasteiger partial charge is 0.133 e. The summed E-state index contributed by atoms with van der Waals surface area (Å²) in [6.45, 7) is 5.75. The number of fused-ring (bicyclic) bond motifs is 1. The Morgan fingerprint density at radius 2 is 1.93 bits per heavy atom. The molecule has 0 aliphatic carbocycles. The average Bonchev–Trinajstić information content (AvgIpc) is 3.13. The Morgan fingerprint density at radius 1 is 1.20 bits per heavy atom. The molecule has 0 saturated heterocycles. The van der Waals surface area contributed by atoms with Crippen molar-refractivity contribution < 1.29 is 18.8 Å². The third-order valence-corrected chi connectivity index (χ3v) is 5.35. The van der Waals surface area contributed by atoms with E-state index in [0.717, 1.165) is 0 Å². The minimum atomic E-state index is -0.933. The molecule has 154 valence electrons. The number of nitrogens with zero attached hydrogens (tertiary/aromatic N) is 3. The van der Waals surface area contributed by atoms with Crippen molar-refractivity contribution in [3.05, 3.63) is 76.9 Å². The molecule has 1 N–H and O–H groups in total. The van der Waals surface area contributed by atoms with Gasteiger partial charge in [-0.25, -0.2) is 4.39 Å². The molecule has 1 aromatic heterocycles. The Labute approximate surface area is 174 Å². The molecule has 0 amide bonds. The largest absolute Gasteiger partial charge is 0.485 e. The Hall–Kier alpha value is -3.37. The zero-order chi connectivity index (χ0) is 21.5. The molecule has 4 rings (SSSR count). The Balaban J connectivity index is 1.87. The van der Waals surface area contributed by atoms with E-state index in [-0.39, 0.29) is 5.82 Å². The highest BCUT2D eigenvalue weighted by molar-refractivity contribution is 5.55. The van der Waals surface area contributed by atoms with E-state index in [9.17, 15) is 14.8 Å². The maximum atomic E-state index is 13.6. The topological polar surface area (TPSA) is 82.5 Å². The molecule has 1 aliphatic heterocycles. The summed E-state index contributed by atoms with van der Waals surface area (Å²) in [5, 5.41) is 24.8. The fourth-order valence-corrected chi connectivity index (χ4v) is 3.82. The van der Waals surface area contributed by atoms with Crippen molar-refractivity contribution in [1.82, 2.24) is 5.16 Å². The summed E-state index contributed by atoms with van der Waals surface area (Å²) >= 11 is 0. The number of hydrogen-bond acceptors (Lipinski definition) is 6. The first-order chi connectivity index (χ1) is 14.3. The molecule has 3 aromatic rings. The molecule has 7 heteroatoms. The van der Waals surface area contributed by atoms with Gasteiger partial charge in [0.15, 0.2) is 0 Å². The Kier molecular flexibility index (Phi) is 4.96. The van der Waals surface area contributed by atoms with Gasteiger partial charge in [-0.3, -0.25) is 0 Å². The molecule has 0 bridgehead atoms. The van der Waals surface area contributed by atoms with Gasteiger partial charge in [0.05, 0.1) is 24.2 Å². The van der Waals surface area contributed by atoms with Crippen molar-refractivity contribution in [3.63, 3.8) is 0 Å². The molecule has 2 atom stereocenters. The van der Waals surface area contributed by atoms with Crippen LogP contribution in [-0.2, 0) is 6.54 Å². The van der Waals surface area contributed by atoms with Crippen LogP contribution in [0.25, 0.3) is 0 Å². The molecule has 30 heavy (non-hydrogen) atoms. The maximum Gasteiger partial charge on any atom is 0.133 e. The van der Waals surface area contributed by atoms with E-state index < -0.39 is 17.7 Å². The first-order valence-corrected chi connectivity index (χ1v) is 9.64. The summed E-state index contributed by atoms with van der Waals surface area (Å²) in [5.41, 5.74) is 1.64. The van der Waals surface area contributed by atoms with Gasteiger partial charge in [0.2, 0.25) is 0 Å². The van der Waals surface area contributed by atoms with Crippen LogP contribution >= 0.6 is 0 Å². The highest BCUT2D eigenvalue weighted by Crippen LogP contribution is 2.45. The van der Waals surface area contributed by atoms with E-state index in [0.29, 0.717) is 40.6 Å². The SMILES string of the molecule is Cc1cc(CN(c2ccc(F)cc2)[C@H]2c3cc(C#N)ccc3OC(C)(C)[C@@H]2O)no1. The lowest BCUT2D eigenvalue weighted by molar-refractivity contribution is -0.0590. The summed E-state index contributed by atoms with van der Waals surface area (Å²) in [6.07, 6.45) is -0.933. The molecular weight excluding hydrogens is 385 g/mol. The molecule has 0 unspecified atom stereocenters. The van der Waals surface area contributed by atoms with Crippen LogP contribution in [-0.4, -0.2) is 22.0 Å². The van der Waals surface area contributed by atoms with Crippen LogP contribution in [0, 0.1) is 24.1 Å². The van der Waals surface area contributed by atoms with Crippen molar-refractivity contribution in [2.24, 2.45) is 0 Å². The Bertz CT molecular complexity index is 1100. The number of nitriles is 1. The van der Waals surface area contributed by atoms with E-state index in [2.05, 4.69) is 11.2 Å². The van der Waals surface area contributed by atoms with Crippen LogP contribution in [0.1, 0.15) is 42.5 Å². The van der Waals surface area contributed by atoms with Gasteiger partial charge in [0, 0.05) is 17.3 Å². The van der Waals surface area contributed by atoms with Crippen LogP contribution in [0.2, 0.25) is 0 Å². The number of halogens is 1. The lowest BCUT2D eigenvalue weighted by atomic mass is 9.84. The second-order valence-corrected chi connectivity index (χ2v) is 7.99. The molecule has 2 heterocycles. The minimum absolute atomic E-state index is 0.316. The van der Waals surface area contributed by atoms with Crippen LogP contribution < -0.4 is 9.64 Å². The summed E-state index contributed by atoms with van der Waals surface area (Å²) in [7, 11) is 0. The van der Waals surface area contributed by atoms with Crippen molar-refractivity contribution in [2.45, 2.75) is 45.1 Å². The van der Waals surface area contributed by atoms with Crippen LogP contribution in [0.4, 0.5) is 10.1 Å². The third-order valence-electron chi connectivity index (χ3n) is 5.35. The summed E-state index contributed by atoms with van der Waals surface area (Å²) in [4.78, 5) is 1.94. The van der Waals surface area contributed by atoms with E-state index in [4.69, 9.17) is 9.26 Å². The van der Waals surface area contributed by atoms with Gasteiger partial charge >= 0.3 is 0 Å². The molecule has 0 fully saturated rings. The number of hydrogen-bond donors (Lipinski definition) is 1. The van der Waals surface area contributed by atoms with Gasteiger partial charge in [0.25, 0.3) is 0 Å². The normalized spacial score (nSPS) is 19.5. The number of ether oxygens (including phenoxy) is 1. The van der Waals surface area contributed by atoms with Crippen molar-refractivity contribution in [1.29, 1.82) is 5.26 Å². The number of aliphatic hydroxyl groups is 1. The zero-order valence-corrected chi connectivity index (χ0v) is 17.0. The van der Waals surface area contributed by atoms with Gasteiger partial charge in [-0.15, -0.1) is 0 Å². The molecule has 0 radical (unpaired) electrons. The highest BCUT2D eigenvalue weighted by Gasteiger charge is 2.46. The number of aliphatic hydroxyl groups excluding tert-OH is 1. The molecule has 6 nitrogen and oxygen atoms in total. The zero-order valence-electron chi connectivity index (χ0n) is 17.0. The molecule has 2 aromatic carbocycles. The van der Waals surface area contributed by atoms with Gasteiger partial charge in [0.1, 0.15) is 34.7 Å². The second kappa shape index (κ2) is 7.47. The van der Waals surface area contributed by atoms with E-state index >= 15 is 0 Å². The number of benzene rings is 2. The fourth-order valence-electron chi connectivity index (χ4n) is 3.82. The number of anilines is 1. The quantitative estimate of drug-likeness (QED) is 0.695. The standard InChI is InChI=1S/C23H22FN3O3/c1-14-10-17(26-30-14)13-27(18-7-5-16(24)6-8-18)21-19-11-15(12-25)4-9-20(19)29-23(2,3)22(21)28/h4-11,21-22,28H,13H2,1-3H3/t21-,22+/m0/s1. The van der Waals surface area contributed by atoms with Gasteiger partial charge in [-0.2, -0.15) is 5.26 Å². The van der Waals surface area contributed by atoms with Crippen molar-refractivity contribution in [3.8, 4) is 11.8 Å². The molecular formula is C23H22FN3O3. The number of aromatic nitrogens is 1. The van der Waals surface area contributed by atoms with Gasteiger partial charge in [-0.1, -0.05) is 5.16 Å². The molecule has 0 spiro atoms. The number of aryl methyl sites for hydroxylation is 1. The summed E-state index contributed by atoms with van der Waals surface area (Å²) in [5.74, 6) is 0.915.